The Morgan fingerprint density at radius 3 is 2.15 bits per heavy atom. The molecule has 0 aromatic heterocycles. The number of hydrogen-bond acceptors (Lipinski definition) is 4. The van der Waals surface area contributed by atoms with Crippen LogP contribution in [-0.2, 0) is 19.6 Å². The number of piperidine rings is 1. The smallest absolute Gasteiger partial charge is 0.322 e. The third-order valence-corrected chi connectivity index (χ3v) is 6.62. The van der Waals surface area contributed by atoms with Crippen LogP contribution >= 0.6 is 0 Å². The molecule has 0 spiro atoms. The van der Waals surface area contributed by atoms with Gasteiger partial charge in [0.25, 0.3) is 0 Å². The van der Waals surface area contributed by atoms with Crippen molar-refractivity contribution in [2.75, 3.05) is 26.0 Å². The summed E-state index contributed by atoms with van der Waals surface area (Å²) in [6.45, 7) is 0.870. The molecule has 2 aromatic carbocycles. The number of sulfonamides is 1. The van der Waals surface area contributed by atoms with Gasteiger partial charge in [-0.3, -0.25) is 4.79 Å². The second-order valence-electron chi connectivity index (χ2n) is 6.49. The van der Waals surface area contributed by atoms with Gasteiger partial charge in [0.2, 0.25) is 10.0 Å². The van der Waals surface area contributed by atoms with E-state index in [-0.39, 0.29) is 0 Å². The van der Waals surface area contributed by atoms with E-state index in [2.05, 4.69) is 41.1 Å². The first-order valence-corrected chi connectivity index (χ1v) is 10.3. The number of benzene rings is 2. The summed E-state index contributed by atoms with van der Waals surface area (Å²) < 4.78 is 30.3. The predicted octanol–water partition coefficient (Wildman–Crippen LogP) is 3.04. The fourth-order valence-electron chi connectivity index (χ4n) is 3.34. The van der Waals surface area contributed by atoms with E-state index in [0.29, 0.717) is 19.0 Å². The molecule has 138 valence electrons. The van der Waals surface area contributed by atoms with E-state index in [1.807, 2.05) is 18.2 Å². The molecule has 1 heterocycles. The maximum atomic E-state index is 12.2. The molecule has 0 amide bonds. The molecule has 0 aliphatic carbocycles. The minimum atomic E-state index is -3.58. The zero-order valence-electron chi connectivity index (χ0n) is 14.8. The second kappa shape index (κ2) is 8.01. The minimum Gasteiger partial charge on any atom is -0.468 e. The third-order valence-electron chi connectivity index (χ3n) is 4.86. The average molecular weight is 373 g/mol. The first-order valence-electron chi connectivity index (χ1n) is 8.69. The van der Waals surface area contributed by atoms with E-state index in [4.69, 9.17) is 0 Å². The van der Waals surface area contributed by atoms with Crippen LogP contribution in [0.25, 0.3) is 11.1 Å². The lowest BCUT2D eigenvalue weighted by Gasteiger charge is -2.31. The van der Waals surface area contributed by atoms with Crippen LogP contribution in [0.5, 0.6) is 0 Å². The summed E-state index contributed by atoms with van der Waals surface area (Å²) in [5.41, 5.74) is 3.59. The summed E-state index contributed by atoms with van der Waals surface area (Å²) in [5, 5.41) is 0. The topological polar surface area (TPSA) is 63.7 Å². The first-order chi connectivity index (χ1) is 12.5. The minimum absolute atomic E-state index is 0.337. The van der Waals surface area contributed by atoms with Crippen molar-refractivity contribution >= 4 is 16.0 Å². The van der Waals surface area contributed by atoms with Crippen LogP contribution in [0.15, 0.2) is 54.6 Å². The summed E-state index contributed by atoms with van der Waals surface area (Å²) in [6, 6.07) is 18.7. The van der Waals surface area contributed by atoms with E-state index >= 15 is 0 Å². The summed E-state index contributed by atoms with van der Waals surface area (Å²) >= 11 is 0. The highest BCUT2D eigenvalue weighted by Crippen LogP contribution is 2.30. The Morgan fingerprint density at radius 2 is 1.58 bits per heavy atom. The standard InChI is InChI=1S/C20H23NO4S/c1-25-20(22)15-26(23,24)21-13-11-19(12-14-21)18-9-7-17(8-10-18)16-5-3-2-4-6-16/h2-10,19H,11-15H2,1H3. The molecule has 0 radical (unpaired) electrons. The number of esters is 1. The van der Waals surface area contributed by atoms with Crippen LogP contribution in [-0.4, -0.2) is 44.6 Å². The van der Waals surface area contributed by atoms with Gasteiger partial charge in [-0.05, 0) is 35.4 Å². The molecule has 26 heavy (non-hydrogen) atoms. The maximum absolute atomic E-state index is 12.2. The highest BCUT2D eigenvalue weighted by atomic mass is 32.2. The normalized spacial score (nSPS) is 16.3. The molecule has 2 aromatic rings. The summed E-state index contributed by atoms with van der Waals surface area (Å²) in [6.07, 6.45) is 1.51. The van der Waals surface area contributed by atoms with Gasteiger partial charge in [0.05, 0.1) is 7.11 Å². The van der Waals surface area contributed by atoms with Gasteiger partial charge >= 0.3 is 5.97 Å². The molecule has 0 unspecified atom stereocenters. The Kier molecular flexibility index (Phi) is 5.74. The average Bonchev–Trinajstić information content (AvgIpc) is 2.68. The largest absolute Gasteiger partial charge is 0.468 e. The Labute approximate surface area is 154 Å². The molecule has 6 heteroatoms. The van der Waals surface area contributed by atoms with E-state index in [1.165, 1.54) is 28.1 Å². The van der Waals surface area contributed by atoms with E-state index in [0.717, 1.165) is 12.8 Å². The quantitative estimate of drug-likeness (QED) is 0.756. The molecule has 1 saturated heterocycles. The van der Waals surface area contributed by atoms with Gasteiger partial charge < -0.3 is 4.74 Å². The molecule has 5 nitrogen and oxygen atoms in total. The Balaban J connectivity index is 1.62. The van der Waals surface area contributed by atoms with Crippen LogP contribution < -0.4 is 0 Å². The summed E-state index contributed by atoms with van der Waals surface area (Å²) in [5.74, 6) is -0.965. The SMILES string of the molecule is COC(=O)CS(=O)(=O)N1CCC(c2ccc(-c3ccccc3)cc2)CC1. The highest BCUT2D eigenvalue weighted by molar-refractivity contribution is 7.89. The van der Waals surface area contributed by atoms with Gasteiger partial charge in [-0.25, -0.2) is 12.7 Å². The molecule has 1 fully saturated rings. The Bertz CT molecular complexity index is 839. The molecule has 0 N–H and O–H groups in total. The summed E-state index contributed by atoms with van der Waals surface area (Å²) in [7, 11) is -2.39. The predicted molar refractivity (Wildman–Crippen MR) is 101 cm³/mol. The Morgan fingerprint density at radius 1 is 1.00 bits per heavy atom. The zero-order valence-corrected chi connectivity index (χ0v) is 15.6. The lowest BCUT2D eigenvalue weighted by molar-refractivity contribution is -0.137. The lowest BCUT2D eigenvalue weighted by atomic mass is 9.89. The third kappa shape index (κ3) is 4.31. The van der Waals surface area contributed by atoms with Crippen molar-refractivity contribution < 1.29 is 17.9 Å². The van der Waals surface area contributed by atoms with Crippen LogP contribution in [0.1, 0.15) is 24.3 Å². The van der Waals surface area contributed by atoms with Crippen molar-refractivity contribution in [1.29, 1.82) is 0 Å². The van der Waals surface area contributed by atoms with Crippen LogP contribution in [0.4, 0.5) is 0 Å². The second-order valence-corrected chi connectivity index (χ2v) is 8.46. The fourth-order valence-corrected chi connectivity index (χ4v) is 4.71. The number of methoxy groups -OCH3 is 1. The number of hydrogen-bond donors (Lipinski definition) is 0. The monoisotopic (exact) mass is 373 g/mol. The van der Waals surface area contributed by atoms with E-state index in [9.17, 15) is 13.2 Å². The molecule has 0 bridgehead atoms. The van der Waals surface area contributed by atoms with Gasteiger partial charge in [-0.1, -0.05) is 54.6 Å². The molecular formula is C20H23NO4S. The molecule has 1 aliphatic rings. The van der Waals surface area contributed by atoms with Gasteiger partial charge in [-0.15, -0.1) is 0 Å². The molecular weight excluding hydrogens is 350 g/mol. The molecule has 0 atom stereocenters. The van der Waals surface area contributed by atoms with Crippen LogP contribution in [0, 0.1) is 0 Å². The van der Waals surface area contributed by atoms with Crippen LogP contribution in [0.3, 0.4) is 0 Å². The van der Waals surface area contributed by atoms with Crippen molar-refractivity contribution in [2.45, 2.75) is 18.8 Å². The first kappa shape index (κ1) is 18.6. The molecule has 3 rings (SSSR count). The number of ether oxygens (including phenoxy) is 1. The Hall–Kier alpha value is -2.18. The van der Waals surface area contributed by atoms with Crippen LogP contribution in [0.2, 0.25) is 0 Å². The fraction of sp³-hybridized carbons (Fsp3) is 0.350. The van der Waals surface area contributed by atoms with Crippen molar-refractivity contribution in [1.82, 2.24) is 4.31 Å². The molecule has 1 aliphatic heterocycles. The number of rotatable bonds is 5. The van der Waals surface area contributed by atoms with Gasteiger partial charge in [-0.2, -0.15) is 0 Å². The van der Waals surface area contributed by atoms with Crippen molar-refractivity contribution in [3.63, 3.8) is 0 Å². The number of nitrogens with zero attached hydrogens (tertiary/aromatic N) is 1. The molecule has 0 saturated carbocycles. The highest BCUT2D eigenvalue weighted by Gasteiger charge is 2.30. The zero-order chi connectivity index (χ0) is 18.6. The van der Waals surface area contributed by atoms with E-state index < -0.39 is 21.7 Å². The summed E-state index contributed by atoms with van der Waals surface area (Å²) in [4.78, 5) is 11.3. The maximum Gasteiger partial charge on any atom is 0.322 e. The van der Waals surface area contributed by atoms with E-state index in [1.54, 1.807) is 0 Å². The van der Waals surface area contributed by atoms with Gasteiger partial charge in [0.1, 0.15) is 0 Å². The van der Waals surface area contributed by atoms with Gasteiger partial charge in [0.15, 0.2) is 5.75 Å². The number of carbonyl (C=O) groups is 1. The van der Waals surface area contributed by atoms with Crippen molar-refractivity contribution in [2.24, 2.45) is 0 Å². The van der Waals surface area contributed by atoms with Gasteiger partial charge in [0, 0.05) is 13.1 Å². The van der Waals surface area contributed by atoms with Crippen molar-refractivity contribution in [3.8, 4) is 11.1 Å². The van der Waals surface area contributed by atoms with Crippen molar-refractivity contribution in [3.05, 3.63) is 60.2 Å². The lowest BCUT2D eigenvalue weighted by Crippen LogP contribution is -2.40. The number of carbonyl (C=O) groups excluding carboxylic acids is 1.